The fourth-order valence-electron chi connectivity index (χ4n) is 2.15. The summed E-state index contributed by atoms with van der Waals surface area (Å²) in [4.78, 5) is 1.78. The first kappa shape index (κ1) is 14.5. The third-order valence-corrected chi connectivity index (χ3v) is 4.70. The number of hydrogen-bond donors (Lipinski definition) is 1. The lowest BCUT2D eigenvalue weighted by molar-refractivity contribution is 0.506. The predicted octanol–water partition coefficient (Wildman–Crippen LogP) is 4.68. The lowest BCUT2D eigenvalue weighted by atomic mass is 10.1. The molecule has 0 aromatic heterocycles. The van der Waals surface area contributed by atoms with E-state index in [1.807, 2.05) is 13.0 Å². The average Bonchev–Trinajstić information content (AvgIpc) is 3.27. The quantitative estimate of drug-likeness (QED) is 0.861. The van der Waals surface area contributed by atoms with Crippen LogP contribution in [0.25, 0.3) is 0 Å². The Morgan fingerprint density at radius 2 is 1.90 bits per heavy atom. The van der Waals surface area contributed by atoms with Crippen LogP contribution in [-0.4, -0.2) is 6.04 Å². The van der Waals surface area contributed by atoms with Gasteiger partial charge in [0.2, 0.25) is 0 Å². The highest BCUT2D eigenvalue weighted by Crippen LogP contribution is 2.31. The molecule has 21 heavy (non-hydrogen) atoms. The highest BCUT2D eigenvalue weighted by Gasteiger charge is 2.19. The highest BCUT2D eigenvalue weighted by molar-refractivity contribution is 7.99. The van der Waals surface area contributed by atoms with Crippen molar-refractivity contribution >= 4 is 11.8 Å². The Balaban J connectivity index is 1.70. The van der Waals surface area contributed by atoms with Gasteiger partial charge in [-0.1, -0.05) is 23.9 Å². The molecule has 2 aromatic carbocycles. The minimum absolute atomic E-state index is 0.696. The summed E-state index contributed by atoms with van der Waals surface area (Å²) in [5, 5.41) is 3.48. The van der Waals surface area contributed by atoms with Gasteiger partial charge >= 0.3 is 0 Å². The van der Waals surface area contributed by atoms with Gasteiger partial charge < -0.3 is 5.32 Å². The number of rotatable bonds is 5. The van der Waals surface area contributed by atoms with Crippen molar-refractivity contribution < 1.29 is 8.78 Å². The van der Waals surface area contributed by atoms with E-state index < -0.39 is 11.6 Å². The van der Waals surface area contributed by atoms with E-state index in [-0.39, 0.29) is 0 Å². The predicted molar refractivity (Wildman–Crippen MR) is 81.5 cm³/mol. The molecule has 0 bridgehead atoms. The zero-order valence-corrected chi connectivity index (χ0v) is 12.6. The molecular formula is C17H17F2NS. The molecule has 0 heterocycles. The molecule has 0 amide bonds. The van der Waals surface area contributed by atoms with Crippen molar-refractivity contribution in [2.45, 2.75) is 42.1 Å². The molecule has 1 fully saturated rings. The summed E-state index contributed by atoms with van der Waals surface area (Å²) in [5.41, 5.74) is 2.41. The van der Waals surface area contributed by atoms with Gasteiger partial charge in [-0.25, -0.2) is 8.78 Å². The Hall–Kier alpha value is -1.39. The summed E-state index contributed by atoms with van der Waals surface area (Å²) in [6.07, 6.45) is 2.56. The van der Waals surface area contributed by atoms with Gasteiger partial charge in [-0.2, -0.15) is 0 Å². The van der Waals surface area contributed by atoms with Crippen LogP contribution >= 0.6 is 11.8 Å². The molecule has 1 nitrogen and oxygen atoms in total. The maximum absolute atomic E-state index is 13.2. The lowest BCUT2D eigenvalue weighted by Crippen LogP contribution is -2.15. The molecule has 2 aromatic rings. The summed E-state index contributed by atoms with van der Waals surface area (Å²) in [5.74, 6) is -1.61. The van der Waals surface area contributed by atoms with Gasteiger partial charge in [0.1, 0.15) is 0 Å². The second kappa shape index (κ2) is 6.16. The van der Waals surface area contributed by atoms with Crippen molar-refractivity contribution in [3.63, 3.8) is 0 Å². The van der Waals surface area contributed by atoms with Gasteiger partial charge in [-0.15, -0.1) is 0 Å². The van der Waals surface area contributed by atoms with Crippen molar-refractivity contribution in [2.75, 3.05) is 0 Å². The van der Waals surface area contributed by atoms with E-state index in [0.717, 1.165) is 17.0 Å². The maximum atomic E-state index is 13.2. The number of nitrogens with one attached hydrogen (secondary N) is 1. The molecule has 3 rings (SSSR count). The van der Waals surface area contributed by atoms with E-state index in [2.05, 4.69) is 17.4 Å². The highest BCUT2D eigenvalue weighted by atomic mass is 32.2. The first-order chi connectivity index (χ1) is 10.1. The van der Waals surface area contributed by atoms with Crippen LogP contribution < -0.4 is 5.32 Å². The second-order valence-electron chi connectivity index (χ2n) is 5.43. The van der Waals surface area contributed by atoms with Crippen LogP contribution in [0.5, 0.6) is 0 Å². The van der Waals surface area contributed by atoms with Crippen LogP contribution in [0.3, 0.4) is 0 Å². The van der Waals surface area contributed by atoms with Gasteiger partial charge in [-0.3, -0.25) is 0 Å². The zero-order chi connectivity index (χ0) is 14.8. The van der Waals surface area contributed by atoms with E-state index in [1.54, 1.807) is 6.07 Å². The van der Waals surface area contributed by atoms with Gasteiger partial charge in [-0.05, 0) is 55.2 Å². The zero-order valence-electron chi connectivity index (χ0n) is 11.8. The van der Waals surface area contributed by atoms with Crippen molar-refractivity contribution in [1.29, 1.82) is 0 Å². The molecule has 0 saturated heterocycles. The van der Waals surface area contributed by atoms with Gasteiger partial charge in [0, 0.05) is 22.4 Å². The van der Waals surface area contributed by atoms with Crippen LogP contribution in [-0.2, 0) is 6.54 Å². The van der Waals surface area contributed by atoms with Crippen molar-refractivity contribution in [3.05, 3.63) is 59.2 Å². The third kappa shape index (κ3) is 3.83. The van der Waals surface area contributed by atoms with E-state index in [1.165, 1.54) is 42.3 Å². The molecule has 1 saturated carbocycles. The Labute approximate surface area is 127 Å². The summed E-state index contributed by atoms with van der Waals surface area (Å²) in [6.45, 7) is 2.93. The third-order valence-electron chi connectivity index (χ3n) is 3.53. The largest absolute Gasteiger partial charge is 0.310 e. The number of halogens is 2. The Bertz CT molecular complexity index is 653. The smallest absolute Gasteiger partial charge is 0.159 e. The molecule has 0 aliphatic heterocycles. The van der Waals surface area contributed by atoms with Gasteiger partial charge in [0.25, 0.3) is 0 Å². The molecule has 1 aliphatic rings. The van der Waals surface area contributed by atoms with Crippen molar-refractivity contribution in [3.8, 4) is 0 Å². The SMILES string of the molecule is Cc1cc(CNC2CC2)ccc1Sc1ccc(F)c(F)c1. The topological polar surface area (TPSA) is 12.0 Å². The lowest BCUT2D eigenvalue weighted by Gasteiger charge is -2.09. The van der Waals surface area contributed by atoms with E-state index in [4.69, 9.17) is 0 Å². The number of hydrogen-bond acceptors (Lipinski definition) is 2. The molecule has 0 spiro atoms. The minimum atomic E-state index is -0.808. The maximum Gasteiger partial charge on any atom is 0.159 e. The van der Waals surface area contributed by atoms with Crippen molar-refractivity contribution in [1.82, 2.24) is 5.32 Å². The molecule has 0 radical (unpaired) electrons. The fraction of sp³-hybridized carbons (Fsp3) is 0.294. The minimum Gasteiger partial charge on any atom is -0.310 e. The van der Waals surface area contributed by atoms with E-state index in [9.17, 15) is 8.78 Å². The molecule has 1 N–H and O–H groups in total. The molecule has 0 unspecified atom stereocenters. The van der Waals surface area contributed by atoms with Gasteiger partial charge in [0.15, 0.2) is 11.6 Å². The van der Waals surface area contributed by atoms with Crippen LogP contribution in [0.2, 0.25) is 0 Å². The molecule has 110 valence electrons. The van der Waals surface area contributed by atoms with Crippen molar-refractivity contribution in [2.24, 2.45) is 0 Å². The van der Waals surface area contributed by atoms with E-state index >= 15 is 0 Å². The summed E-state index contributed by atoms with van der Waals surface area (Å²) in [6, 6.07) is 11.0. The average molecular weight is 305 g/mol. The summed E-state index contributed by atoms with van der Waals surface area (Å²) < 4.78 is 26.2. The number of aryl methyl sites for hydroxylation is 1. The standard InChI is InChI=1S/C17H17F2NS/c1-11-8-12(10-20-13-3-4-13)2-7-17(11)21-14-5-6-15(18)16(19)9-14/h2,5-9,13,20H,3-4,10H2,1H3. The molecule has 4 heteroatoms. The van der Waals surface area contributed by atoms with E-state index in [0.29, 0.717) is 10.9 Å². The fourth-order valence-corrected chi connectivity index (χ4v) is 3.06. The Morgan fingerprint density at radius 3 is 2.57 bits per heavy atom. The second-order valence-corrected chi connectivity index (χ2v) is 6.55. The Kier molecular flexibility index (Phi) is 4.27. The van der Waals surface area contributed by atoms with Crippen LogP contribution in [0.1, 0.15) is 24.0 Å². The van der Waals surface area contributed by atoms with Crippen LogP contribution in [0.4, 0.5) is 8.78 Å². The first-order valence-electron chi connectivity index (χ1n) is 7.07. The molecule has 0 atom stereocenters. The first-order valence-corrected chi connectivity index (χ1v) is 7.89. The monoisotopic (exact) mass is 305 g/mol. The van der Waals surface area contributed by atoms with Crippen LogP contribution in [0, 0.1) is 18.6 Å². The Morgan fingerprint density at radius 1 is 1.10 bits per heavy atom. The molecular weight excluding hydrogens is 288 g/mol. The normalized spacial score (nSPS) is 14.4. The van der Waals surface area contributed by atoms with Crippen LogP contribution in [0.15, 0.2) is 46.2 Å². The number of benzene rings is 2. The van der Waals surface area contributed by atoms with Gasteiger partial charge in [0.05, 0.1) is 0 Å². The summed E-state index contributed by atoms with van der Waals surface area (Å²) in [7, 11) is 0. The summed E-state index contributed by atoms with van der Waals surface area (Å²) >= 11 is 1.46. The molecule has 1 aliphatic carbocycles.